The zero-order valence-electron chi connectivity index (χ0n) is 18.9. The van der Waals surface area contributed by atoms with Crippen molar-refractivity contribution < 1.29 is 23.4 Å². The molecule has 36 heavy (non-hydrogen) atoms. The fourth-order valence-electron chi connectivity index (χ4n) is 3.36. The highest BCUT2D eigenvalue weighted by atomic mass is 35.5. The van der Waals surface area contributed by atoms with Crippen LogP contribution in [0.4, 0.5) is 10.1 Å². The summed E-state index contributed by atoms with van der Waals surface area (Å²) in [5.74, 6) is 0.425. The van der Waals surface area contributed by atoms with Crippen LogP contribution >= 0.6 is 35.4 Å². The van der Waals surface area contributed by atoms with Crippen LogP contribution in [0.3, 0.4) is 0 Å². The third kappa shape index (κ3) is 5.43. The van der Waals surface area contributed by atoms with E-state index in [1.165, 1.54) is 38.5 Å². The van der Waals surface area contributed by atoms with E-state index in [0.717, 1.165) is 0 Å². The zero-order valence-corrected chi connectivity index (χ0v) is 21.2. The van der Waals surface area contributed by atoms with Crippen molar-refractivity contribution in [3.8, 4) is 23.0 Å². The van der Waals surface area contributed by atoms with Gasteiger partial charge in [-0.3, -0.25) is 15.1 Å². The molecule has 2 N–H and O–H groups in total. The predicted octanol–water partition coefficient (Wildman–Crippen LogP) is 6.62. The number of benzene rings is 3. The maximum absolute atomic E-state index is 14.8. The number of hydrogen-bond acceptors (Lipinski definition) is 6. The number of pyridine rings is 1. The first-order valence-corrected chi connectivity index (χ1v) is 11.5. The molecule has 0 unspecified atom stereocenters. The van der Waals surface area contributed by atoms with Crippen molar-refractivity contribution in [1.82, 2.24) is 10.3 Å². The number of methoxy groups -OCH3 is 2. The number of aromatic nitrogens is 1. The third-order valence-corrected chi connectivity index (χ3v) is 5.87. The van der Waals surface area contributed by atoms with E-state index in [-0.39, 0.29) is 32.2 Å². The second kappa shape index (κ2) is 10.9. The molecule has 0 fully saturated rings. The molecule has 1 aromatic heterocycles. The SMILES string of the molecule is COc1cc2nccc(Oc3ccc(NC(=S)NC(=O)c4c(Cl)cccc4Cl)c(F)c3)c2cc1OC. The van der Waals surface area contributed by atoms with Gasteiger partial charge in [0.15, 0.2) is 16.6 Å². The van der Waals surface area contributed by atoms with Crippen LogP contribution in [0.1, 0.15) is 10.4 Å². The highest BCUT2D eigenvalue weighted by Gasteiger charge is 2.17. The number of rotatable bonds is 6. The van der Waals surface area contributed by atoms with Crippen LogP contribution in [0.2, 0.25) is 10.0 Å². The zero-order chi connectivity index (χ0) is 25.8. The summed E-state index contributed by atoms with van der Waals surface area (Å²) in [7, 11) is 3.06. The Hall–Kier alpha value is -3.66. The Morgan fingerprint density at radius 3 is 2.33 bits per heavy atom. The summed E-state index contributed by atoms with van der Waals surface area (Å²) in [6.45, 7) is 0. The van der Waals surface area contributed by atoms with Gasteiger partial charge in [0.2, 0.25) is 0 Å². The van der Waals surface area contributed by atoms with Gasteiger partial charge in [-0.2, -0.15) is 0 Å². The van der Waals surface area contributed by atoms with Gasteiger partial charge in [-0.1, -0.05) is 29.3 Å². The Kier molecular flexibility index (Phi) is 7.73. The number of nitrogens with zero attached hydrogens (tertiary/aromatic N) is 1. The van der Waals surface area contributed by atoms with E-state index in [4.69, 9.17) is 49.6 Å². The highest BCUT2D eigenvalue weighted by Crippen LogP contribution is 2.37. The number of hydrogen-bond donors (Lipinski definition) is 2. The number of anilines is 1. The predicted molar refractivity (Wildman–Crippen MR) is 141 cm³/mol. The van der Waals surface area contributed by atoms with Crippen molar-refractivity contribution in [2.45, 2.75) is 0 Å². The van der Waals surface area contributed by atoms with Crippen LogP contribution in [0.15, 0.2) is 60.8 Å². The molecule has 1 amide bonds. The number of halogens is 3. The van der Waals surface area contributed by atoms with Crippen molar-refractivity contribution >= 4 is 63.0 Å². The van der Waals surface area contributed by atoms with E-state index in [0.29, 0.717) is 28.2 Å². The molecule has 0 spiro atoms. The average Bonchev–Trinajstić information content (AvgIpc) is 2.85. The Morgan fingerprint density at radius 2 is 1.67 bits per heavy atom. The van der Waals surface area contributed by atoms with Crippen LogP contribution in [0.25, 0.3) is 10.9 Å². The first kappa shape index (κ1) is 25.4. The first-order valence-electron chi connectivity index (χ1n) is 10.3. The summed E-state index contributed by atoms with van der Waals surface area (Å²) >= 11 is 17.2. The minimum atomic E-state index is -0.655. The minimum absolute atomic E-state index is 0.0314. The number of ether oxygens (including phenoxy) is 3. The molecule has 0 saturated carbocycles. The monoisotopic (exact) mass is 545 g/mol. The van der Waals surface area contributed by atoms with Crippen LogP contribution in [0.5, 0.6) is 23.0 Å². The average molecular weight is 546 g/mol. The van der Waals surface area contributed by atoms with Gasteiger partial charge in [0.25, 0.3) is 5.91 Å². The van der Waals surface area contributed by atoms with Gasteiger partial charge in [0, 0.05) is 23.7 Å². The quantitative estimate of drug-likeness (QED) is 0.263. The Labute approximate surface area is 221 Å². The molecule has 4 aromatic rings. The smallest absolute Gasteiger partial charge is 0.260 e. The molecule has 1 heterocycles. The maximum Gasteiger partial charge on any atom is 0.260 e. The fourth-order valence-corrected chi connectivity index (χ4v) is 4.13. The van der Waals surface area contributed by atoms with Crippen LogP contribution < -0.4 is 24.8 Å². The summed E-state index contributed by atoms with van der Waals surface area (Å²) in [4.78, 5) is 16.8. The van der Waals surface area contributed by atoms with Gasteiger partial charge >= 0.3 is 0 Å². The third-order valence-electron chi connectivity index (χ3n) is 5.04. The van der Waals surface area contributed by atoms with E-state index in [1.807, 2.05) is 0 Å². The Bertz CT molecular complexity index is 1470. The lowest BCUT2D eigenvalue weighted by atomic mass is 10.2. The molecule has 0 bridgehead atoms. The number of carbonyl (C=O) groups is 1. The van der Waals surface area contributed by atoms with Crippen LogP contribution in [0, 0.1) is 5.82 Å². The van der Waals surface area contributed by atoms with Gasteiger partial charge in [-0.25, -0.2) is 4.39 Å². The van der Waals surface area contributed by atoms with E-state index in [2.05, 4.69) is 15.6 Å². The van der Waals surface area contributed by atoms with E-state index in [9.17, 15) is 9.18 Å². The molecule has 7 nitrogen and oxygen atoms in total. The molecule has 11 heteroatoms. The molecule has 0 aliphatic heterocycles. The molecule has 0 saturated heterocycles. The molecule has 0 radical (unpaired) electrons. The number of amides is 1. The summed E-state index contributed by atoms with van der Waals surface area (Å²) in [5, 5.41) is 5.92. The fraction of sp³-hybridized carbons (Fsp3) is 0.0800. The molecular weight excluding hydrogens is 528 g/mol. The molecular formula is C25H18Cl2FN3O4S. The standard InChI is InChI=1S/C25H18Cl2FN3O4S/c1-33-21-11-14-19(12-22(21)34-2)29-9-8-20(14)35-13-6-7-18(17(28)10-13)30-25(36)31-24(32)23-15(26)4-3-5-16(23)27/h3-12H,1-2H3,(H2,30,31,32,36). The maximum atomic E-state index is 14.8. The van der Waals surface area contributed by atoms with Crippen LogP contribution in [-0.4, -0.2) is 30.2 Å². The van der Waals surface area contributed by atoms with Crippen molar-refractivity contribution in [3.05, 3.63) is 82.2 Å². The topological polar surface area (TPSA) is 81.7 Å². The van der Waals surface area contributed by atoms with E-state index < -0.39 is 11.7 Å². The second-order valence-corrected chi connectivity index (χ2v) is 8.50. The normalized spacial score (nSPS) is 10.6. The van der Waals surface area contributed by atoms with Crippen molar-refractivity contribution in [3.63, 3.8) is 0 Å². The minimum Gasteiger partial charge on any atom is -0.493 e. The Morgan fingerprint density at radius 1 is 0.972 bits per heavy atom. The summed E-state index contributed by atoms with van der Waals surface area (Å²) in [6, 6.07) is 13.9. The lowest BCUT2D eigenvalue weighted by Crippen LogP contribution is -2.34. The molecule has 3 aromatic carbocycles. The van der Waals surface area contributed by atoms with Crippen molar-refractivity contribution in [1.29, 1.82) is 0 Å². The lowest BCUT2D eigenvalue weighted by Gasteiger charge is -2.14. The molecule has 4 rings (SSSR count). The molecule has 184 valence electrons. The van der Waals surface area contributed by atoms with Gasteiger partial charge in [0.1, 0.15) is 17.3 Å². The first-order chi connectivity index (χ1) is 17.3. The Balaban J connectivity index is 1.50. The van der Waals surface area contributed by atoms with E-state index >= 15 is 0 Å². The summed E-state index contributed by atoms with van der Waals surface area (Å²) in [5.41, 5.74) is 0.709. The molecule has 0 atom stereocenters. The summed E-state index contributed by atoms with van der Waals surface area (Å²) in [6.07, 6.45) is 1.57. The van der Waals surface area contributed by atoms with E-state index in [1.54, 1.807) is 36.5 Å². The number of carbonyl (C=O) groups excluding carboxylic acids is 1. The van der Waals surface area contributed by atoms with Crippen molar-refractivity contribution in [2.75, 3.05) is 19.5 Å². The number of thiocarbonyl (C=S) groups is 1. The lowest BCUT2D eigenvalue weighted by molar-refractivity contribution is 0.0978. The van der Waals surface area contributed by atoms with Gasteiger partial charge < -0.3 is 19.5 Å². The van der Waals surface area contributed by atoms with Gasteiger partial charge in [0.05, 0.1) is 41.0 Å². The summed E-state index contributed by atoms with van der Waals surface area (Å²) < 4.78 is 31.4. The molecule has 0 aliphatic rings. The van der Waals surface area contributed by atoms with Crippen molar-refractivity contribution in [2.24, 2.45) is 0 Å². The van der Waals surface area contributed by atoms with Crippen LogP contribution in [-0.2, 0) is 0 Å². The number of nitrogens with one attached hydrogen (secondary N) is 2. The largest absolute Gasteiger partial charge is 0.493 e. The highest BCUT2D eigenvalue weighted by molar-refractivity contribution is 7.80. The number of fused-ring (bicyclic) bond motifs is 1. The van der Waals surface area contributed by atoms with Gasteiger partial charge in [-0.15, -0.1) is 0 Å². The molecule has 0 aliphatic carbocycles. The van der Waals surface area contributed by atoms with Gasteiger partial charge in [-0.05, 0) is 48.6 Å². The second-order valence-electron chi connectivity index (χ2n) is 7.28.